The summed E-state index contributed by atoms with van der Waals surface area (Å²) in [5.41, 5.74) is 2.33. The predicted molar refractivity (Wildman–Crippen MR) is 134 cm³/mol. The number of ether oxygens (including phenoxy) is 1. The van der Waals surface area contributed by atoms with Crippen LogP contribution in [-0.4, -0.2) is 13.0 Å². The van der Waals surface area contributed by atoms with E-state index in [1.54, 1.807) is 30.3 Å². The second-order valence-electron chi connectivity index (χ2n) is 7.51. The molecule has 1 aromatic heterocycles. The van der Waals surface area contributed by atoms with Crippen molar-refractivity contribution in [2.45, 2.75) is 0 Å². The van der Waals surface area contributed by atoms with Crippen molar-refractivity contribution in [3.8, 4) is 16.9 Å². The summed E-state index contributed by atoms with van der Waals surface area (Å²) in [4.78, 5) is 25.5. The standard InChI is InChI=1S/C27H18BrNO4/c1-32-25-22(14-17-6-2-4-8-20(17)24(25)28)26(30)29-19-12-10-16(11-13-19)21-15-18-7-3-5-9-23(18)33-27(21)31/h2-15H,1H3,(H,29,30). The van der Waals surface area contributed by atoms with Gasteiger partial charge in [-0.15, -0.1) is 0 Å². The fourth-order valence-electron chi connectivity index (χ4n) is 3.85. The Morgan fingerprint density at radius 2 is 1.61 bits per heavy atom. The molecule has 4 aromatic carbocycles. The third kappa shape index (κ3) is 3.90. The van der Waals surface area contributed by atoms with Crippen LogP contribution in [0, 0.1) is 0 Å². The van der Waals surface area contributed by atoms with Crippen LogP contribution in [0.4, 0.5) is 5.69 Å². The Kier molecular flexibility index (Phi) is 5.44. The average molecular weight is 500 g/mol. The molecular weight excluding hydrogens is 482 g/mol. The molecule has 0 saturated carbocycles. The minimum atomic E-state index is -0.406. The number of fused-ring (bicyclic) bond motifs is 2. The third-order valence-electron chi connectivity index (χ3n) is 5.49. The first-order chi connectivity index (χ1) is 16.0. The van der Waals surface area contributed by atoms with E-state index in [9.17, 15) is 9.59 Å². The van der Waals surface area contributed by atoms with Gasteiger partial charge in [-0.1, -0.05) is 54.6 Å². The molecule has 0 radical (unpaired) electrons. The molecule has 6 heteroatoms. The van der Waals surface area contributed by atoms with E-state index in [4.69, 9.17) is 9.15 Å². The molecule has 0 aliphatic heterocycles. The number of nitrogens with one attached hydrogen (secondary N) is 1. The summed E-state index contributed by atoms with van der Waals surface area (Å²) in [6.07, 6.45) is 0. The number of para-hydroxylation sites is 1. The van der Waals surface area contributed by atoms with Crippen molar-refractivity contribution in [2.75, 3.05) is 12.4 Å². The number of rotatable bonds is 4. The Balaban J connectivity index is 1.45. The Bertz CT molecular complexity index is 1570. The van der Waals surface area contributed by atoms with Gasteiger partial charge in [0.15, 0.2) is 0 Å². The zero-order valence-corrected chi connectivity index (χ0v) is 19.2. The van der Waals surface area contributed by atoms with Gasteiger partial charge in [0.1, 0.15) is 11.3 Å². The summed E-state index contributed by atoms with van der Waals surface area (Å²) in [6, 6.07) is 25.8. The van der Waals surface area contributed by atoms with Crippen LogP contribution in [0.2, 0.25) is 0 Å². The quantitative estimate of drug-likeness (QED) is 0.281. The monoisotopic (exact) mass is 499 g/mol. The van der Waals surface area contributed by atoms with Crippen molar-refractivity contribution in [3.63, 3.8) is 0 Å². The van der Waals surface area contributed by atoms with Crippen LogP contribution in [0.3, 0.4) is 0 Å². The van der Waals surface area contributed by atoms with Crippen LogP contribution in [0.1, 0.15) is 10.4 Å². The van der Waals surface area contributed by atoms with E-state index in [0.717, 1.165) is 20.6 Å². The number of amides is 1. The fourth-order valence-corrected chi connectivity index (χ4v) is 4.58. The lowest BCUT2D eigenvalue weighted by Crippen LogP contribution is -2.13. The summed E-state index contributed by atoms with van der Waals surface area (Å²) in [5.74, 6) is 0.174. The normalized spacial score (nSPS) is 11.0. The zero-order chi connectivity index (χ0) is 22.9. The maximum atomic E-state index is 13.1. The van der Waals surface area contributed by atoms with Gasteiger partial charge in [0.2, 0.25) is 0 Å². The van der Waals surface area contributed by atoms with E-state index in [2.05, 4.69) is 21.2 Å². The lowest BCUT2D eigenvalue weighted by atomic mass is 10.0. The van der Waals surface area contributed by atoms with Gasteiger partial charge in [-0.25, -0.2) is 4.79 Å². The highest BCUT2D eigenvalue weighted by Gasteiger charge is 2.18. The van der Waals surface area contributed by atoms with Gasteiger partial charge >= 0.3 is 5.63 Å². The summed E-state index contributed by atoms with van der Waals surface area (Å²) in [5, 5.41) is 5.64. The van der Waals surface area contributed by atoms with Crippen LogP contribution >= 0.6 is 15.9 Å². The van der Waals surface area contributed by atoms with Crippen LogP contribution in [-0.2, 0) is 0 Å². The van der Waals surface area contributed by atoms with Crippen LogP contribution in [0.5, 0.6) is 5.75 Å². The maximum absolute atomic E-state index is 13.1. The molecule has 1 N–H and O–H groups in total. The first-order valence-electron chi connectivity index (χ1n) is 10.2. The van der Waals surface area contributed by atoms with Gasteiger partial charge in [-0.2, -0.15) is 0 Å². The second-order valence-corrected chi connectivity index (χ2v) is 8.30. The predicted octanol–water partition coefficient (Wildman–Crippen LogP) is 6.64. The van der Waals surface area contributed by atoms with Crippen molar-refractivity contribution in [1.29, 1.82) is 0 Å². The molecule has 5 rings (SSSR count). The SMILES string of the molecule is COc1c(C(=O)Nc2ccc(-c3cc4ccccc4oc3=O)cc2)cc2ccccc2c1Br. The van der Waals surface area contributed by atoms with E-state index < -0.39 is 5.63 Å². The molecule has 0 spiro atoms. The minimum absolute atomic E-state index is 0.295. The molecule has 162 valence electrons. The summed E-state index contributed by atoms with van der Waals surface area (Å²) in [6.45, 7) is 0. The smallest absolute Gasteiger partial charge is 0.344 e. The van der Waals surface area contributed by atoms with Gasteiger partial charge in [0, 0.05) is 11.1 Å². The number of carbonyl (C=O) groups is 1. The van der Waals surface area contributed by atoms with Crippen molar-refractivity contribution >= 4 is 49.3 Å². The zero-order valence-electron chi connectivity index (χ0n) is 17.6. The van der Waals surface area contributed by atoms with Crippen molar-refractivity contribution in [2.24, 2.45) is 0 Å². The van der Waals surface area contributed by atoms with Crippen molar-refractivity contribution < 1.29 is 13.9 Å². The molecule has 1 amide bonds. The fraction of sp³-hybridized carbons (Fsp3) is 0.0370. The third-order valence-corrected chi connectivity index (χ3v) is 6.27. The highest BCUT2D eigenvalue weighted by molar-refractivity contribution is 9.10. The minimum Gasteiger partial charge on any atom is -0.495 e. The molecule has 5 aromatic rings. The molecule has 0 atom stereocenters. The Morgan fingerprint density at radius 1 is 0.909 bits per heavy atom. The molecule has 0 saturated heterocycles. The van der Waals surface area contributed by atoms with Gasteiger partial charge in [-0.05, 0) is 62.6 Å². The number of halogens is 1. The molecule has 1 heterocycles. The van der Waals surface area contributed by atoms with Gasteiger partial charge in [-0.3, -0.25) is 4.79 Å². The first kappa shape index (κ1) is 21.0. The molecule has 0 unspecified atom stereocenters. The Morgan fingerprint density at radius 3 is 2.36 bits per heavy atom. The Labute approximate surface area is 197 Å². The molecule has 0 fully saturated rings. The van der Waals surface area contributed by atoms with E-state index in [1.165, 1.54) is 7.11 Å². The number of hydrogen-bond acceptors (Lipinski definition) is 4. The van der Waals surface area contributed by atoms with E-state index in [1.807, 2.05) is 54.6 Å². The molecule has 0 aliphatic rings. The van der Waals surface area contributed by atoms with Gasteiger partial charge in [0.05, 0.1) is 22.7 Å². The summed E-state index contributed by atoms with van der Waals surface area (Å²) >= 11 is 3.56. The van der Waals surface area contributed by atoms with Crippen LogP contribution in [0.15, 0.2) is 98.6 Å². The molecule has 33 heavy (non-hydrogen) atoms. The number of carbonyl (C=O) groups excluding carboxylic acids is 1. The van der Waals surface area contributed by atoms with Crippen molar-refractivity contribution in [1.82, 2.24) is 0 Å². The number of hydrogen-bond donors (Lipinski definition) is 1. The Hall–Kier alpha value is -3.90. The lowest BCUT2D eigenvalue weighted by molar-refractivity contribution is 0.102. The number of benzene rings is 4. The summed E-state index contributed by atoms with van der Waals surface area (Å²) in [7, 11) is 1.54. The molecular formula is C27H18BrNO4. The highest BCUT2D eigenvalue weighted by Crippen LogP contribution is 2.37. The molecule has 0 aliphatic carbocycles. The van der Waals surface area contributed by atoms with Crippen LogP contribution < -0.4 is 15.7 Å². The number of anilines is 1. The van der Waals surface area contributed by atoms with Crippen molar-refractivity contribution in [3.05, 3.63) is 105 Å². The van der Waals surface area contributed by atoms with E-state index in [0.29, 0.717) is 33.7 Å². The average Bonchev–Trinajstić information content (AvgIpc) is 2.84. The van der Waals surface area contributed by atoms with E-state index in [-0.39, 0.29) is 5.91 Å². The molecule has 0 bridgehead atoms. The highest BCUT2D eigenvalue weighted by atomic mass is 79.9. The van der Waals surface area contributed by atoms with E-state index >= 15 is 0 Å². The maximum Gasteiger partial charge on any atom is 0.344 e. The van der Waals surface area contributed by atoms with Gasteiger partial charge in [0.25, 0.3) is 5.91 Å². The topological polar surface area (TPSA) is 68.5 Å². The molecule has 5 nitrogen and oxygen atoms in total. The largest absolute Gasteiger partial charge is 0.495 e. The summed E-state index contributed by atoms with van der Waals surface area (Å²) < 4.78 is 11.7. The van der Waals surface area contributed by atoms with Crippen LogP contribution in [0.25, 0.3) is 32.9 Å². The lowest BCUT2D eigenvalue weighted by Gasteiger charge is -2.14. The number of methoxy groups -OCH3 is 1. The first-order valence-corrected chi connectivity index (χ1v) is 11.0. The van der Waals surface area contributed by atoms with Gasteiger partial charge < -0.3 is 14.5 Å². The second kappa shape index (κ2) is 8.56.